The Morgan fingerprint density at radius 2 is 1.64 bits per heavy atom. The molecule has 0 heterocycles. The van der Waals surface area contributed by atoms with Crippen LogP contribution in [0, 0.1) is 0 Å². The minimum Gasteiger partial charge on any atom is -0.464 e. The van der Waals surface area contributed by atoms with E-state index in [-0.39, 0.29) is 12.5 Å². The first-order valence-electron chi connectivity index (χ1n) is 8.62. The highest BCUT2D eigenvalue weighted by atomic mass is 16.5. The Balaban J connectivity index is 2.11. The van der Waals surface area contributed by atoms with Crippen LogP contribution in [-0.2, 0) is 16.0 Å². The summed E-state index contributed by atoms with van der Waals surface area (Å²) >= 11 is 0. The van der Waals surface area contributed by atoms with Gasteiger partial charge in [-0.3, -0.25) is 4.79 Å². The molecule has 2 aromatic rings. The van der Waals surface area contributed by atoms with Gasteiger partial charge in [0.15, 0.2) is 0 Å². The van der Waals surface area contributed by atoms with Crippen molar-refractivity contribution in [2.45, 2.75) is 39.2 Å². The van der Waals surface area contributed by atoms with E-state index in [1.807, 2.05) is 42.5 Å². The molecule has 1 unspecified atom stereocenters. The third-order valence-corrected chi connectivity index (χ3v) is 4.00. The Morgan fingerprint density at radius 1 is 1.00 bits per heavy atom. The first kappa shape index (κ1) is 18.7. The van der Waals surface area contributed by atoms with Gasteiger partial charge in [0.2, 0.25) is 0 Å². The van der Waals surface area contributed by atoms with Gasteiger partial charge in [0.05, 0.1) is 6.61 Å². The molecule has 0 aliphatic carbocycles. The second kappa shape index (κ2) is 9.02. The SMILES string of the molecule is CCOC(=O)C(Cc1ccccc1)NC(=O)c1ccc(C(C)C)cc1. The first-order chi connectivity index (χ1) is 12.0. The van der Waals surface area contributed by atoms with Crippen LogP contribution in [-0.4, -0.2) is 24.5 Å². The van der Waals surface area contributed by atoms with Crippen LogP contribution in [0.2, 0.25) is 0 Å². The predicted octanol–water partition coefficient (Wildman–Crippen LogP) is 3.71. The van der Waals surface area contributed by atoms with Crippen LogP contribution in [0.15, 0.2) is 54.6 Å². The van der Waals surface area contributed by atoms with Crippen molar-refractivity contribution >= 4 is 11.9 Å². The number of ether oxygens (including phenoxy) is 1. The quantitative estimate of drug-likeness (QED) is 0.782. The van der Waals surface area contributed by atoms with Crippen molar-refractivity contribution in [2.75, 3.05) is 6.61 Å². The number of hydrogen-bond donors (Lipinski definition) is 1. The summed E-state index contributed by atoms with van der Waals surface area (Å²) in [6.45, 7) is 6.24. The summed E-state index contributed by atoms with van der Waals surface area (Å²) in [5.74, 6) is -0.287. The number of carbonyl (C=O) groups is 2. The lowest BCUT2D eigenvalue weighted by molar-refractivity contribution is -0.145. The van der Waals surface area contributed by atoms with Gasteiger partial charge >= 0.3 is 5.97 Å². The lowest BCUT2D eigenvalue weighted by Crippen LogP contribution is -2.43. The largest absolute Gasteiger partial charge is 0.464 e. The maximum absolute atomic E-state index is 12.5. The maximum atomic E-state index is 12.5. The lowest BCUT2D eigenvalue weighted by Gasteiger charge is -2.18. The zero-order valence-electron chi connectivity index (χ0n) is 15.0. The van der Waals surface area contributed by atoms with Crippen molar-refractivity contribution in [3.05, 3.63) is 71.3 Å². The molecule has 132 valence electrons. The standard InChI is InChI=1S/C21H25NO3/c1-4-25-21(24)19(14-16-8-6-5-7-9-16)22-20(23)18-12-10-17(11-13-18)15(2)3/h5-13,15,19H,4,14H2,1-3H3,(H,22,23). The molecule has 2 rings (SSSR count). The fourth-order valence-electron chi connectivity index (χ4n) is 2.55. The molecule has 0 saturated carbocycles. The van der Waals surface area contributed by atoms with Crippen LogP contribution in [0.4, 0.5) is 0 Å². The highest BCUT2D eigenvalue weighted by molar-refractivity contribution is 5.96. The van der Waals surface area contributed by atoms with E-state index >= 15 is 0 Å². The molecule has 1 amide bonds. The zero-order chi connectivity index (χ0) is 18.2. The first-order valence-corrected chi connectivity index (χ1v) is 8.62. The molecule has 0 fully saturated rings. The van der Waals surface area contributed by atoms with E-state index in [0.717, 1.165) is 5.56 Å². The van der Waals surface area contributed by atoms with Crippen molar-refractivity contribution in [2.24, 2.45) is 0 Å². The number of nitrogens with one attached hydrogen (secondary N) is 1. The van der Waals surface area contributed by atoms with Gasteiger partial charge in [0, 0.05) is 12.0 Å². The van der Waals surface area contributed by atoms with Gasteiger partial charge in [-0.15, -0.1) is 0 Å². The monoisotopic (exact) mass is 339 g/mol. The minimum atomic E-state index is -0.709. The number of hydrogen-bond acceptors (Lipinski definition) is 3. The summed E-state index contributed by atoms with van der Waals surface area (Å²) in [4.78, 5) is 24.7. The summed E-state index contributed by atoms with van der Waals surface area (Å²) < 4.78 is 5.11. The number of amides is 1. The maximum Gasteiger partial charge on any atom is 0.328 e. The number of carbonyl (C=O) groups excluding carboxylic acids is 2. The van der Waals surface area contributed by atoms with Crippen molar-refractivity contribution in [1.82, 2.24) is 5.32 Å². The van der Waals surface area contributed by atoms with Crippen molar-refractivity contribution in [3.63, 3.8) is 0 Å². The molecule has 0 saturated heterocycles. The molecule has 0 spiro atoms. The molecule has 4 nitrogen and oxygen atoms in total. The summed E-state index contributed by atoms with van der Waals surface area (Å²) in [6, 6.07) is 16.3. The summed E-state index contributed by atoms with van der Waals surface area (Å²) in [5.41, 5.74) is 2.67. The smallest absolute Gasteiger partial charge is 0.328 e. The molecule has 25 heavy (non-hydrogen) atoms. The molecule has 0 aliphatic heterocycles. The Bertz CT molecular complexity index is 693. The Morgan fingerprint density at radius 3 is 2.20 bits per heavy atom. The summed E-state index contributed by atoms with van der Waals surface area (Å²) in [7, 11) is 0. The molecule has 2 aromatic carbocycles. The van der Waals surface area contributed by atoms with Gasteiger partial charge in [0.25, 0.3) is 5.91 Å². The zero-order valence-corrected chi connectivity index (χ0v) is 15.0. The average molecular weight is 339 g/mol. The van der Waals surface area contributed by atoms with E-state index in [2.05, 4.69) is 19.2 Å². The number of benzene rings is 2. The van der Waals surface area contributed by atoms with E-state index in [1.165, 1.54) is 5.56 Å². The Hall–Kier alpha value is -2.62. The fraction of sp³-hybridized carbons (Fsp3) is 0.333. The summed E-state index contributed by atoms with van der Waals surface area (Å²) in [5, 5.41) is 2.80. The lowest BCUT2D eigenvalue weighted by atomic mass is 10.0. The van der Waals surface area contributed by atoms with Gasteiger partial charge < -0.3 is 10.1 Å². The highest BCUT2D eigenvalue weighted by Gasteiger charge is 2.23. The van der Waals surface area contributed by atoms with Crippen molar-refractivity contribution in [1.29, 1.82) is 0 Å². The normalized spacial score (nSPS) is 11.8. The number of rotatable bonds is 7. The average Bonchev–Trinajstić information content (AvgIpc) is 2.62. The molecule has 0 bridgehead atoms. The van der Waals surface area contributed by atoms with Gasteiger partial charge in [-0.1, -0.05) is 56.3 Å². The van der Waals surface area contributed by atoms with Crippen LogP contribution >= 0.6 is 0 Å². The third kappa shape index (κ3) is 5.45. The predicted molar refractivity (Wildman–Crippen MR) is 98.6 cm³/mol. The van der Waals surface area contributed by atoms with Gasteiger partial charge in [-0.05, 0) is 36.1 Å². The molecule has 1 N–H and O–H groups in total. The van der Waals surface area contributed by atoms with Crippen LogP contribution in [0.5, 0.6) is 0 Å². The van der Waals surface area contributed by atoms with E-state index < -0.39 is 12.0 Å². The summed E-state index contributed by atoms with van der Waals surface area (Å²) in [6.07, 6.45) is 0.398. The Labute approximate surface area is 149 Å². The van der Waals surface area contributed by atoms with E-state index in [9.17, 15) is 9.59 Å². The highest BCUT2D eigenvalue weighted by Crippen LogP contribution is 2.15. The Kier molecular flexibility index (Phi) is 6.75. The fourth-order valence-corrected chi connectivity index (χ4v) is 2.55. The van der Waals surface area contributed by atoms with Crippen LogP contribution in [0.3, 0.4) is 0 Å². The molecule has 0 radical (unpaired) electrons. The van der Waals surface area contributed by atoms with E-state index in [0.29, 0.717) is 17.9 Å². The second-order valence-corrected chi connectivity index (χ2v) is 6.24. The van der Waals surface area contributed by atoms with Crippen LogP contribution in [0.25, 0.3) is 0 Å². The van der Waals surface area contributed by atoms with Gasteiger partial charge in [-0.25, -0.2) is 4.79 Å². The molecular weight excluding hydrogens is 314 g/mol. The molecule has 0 aliphatic rings. The minimum absolute atomic E-state index is 0.274. The topological polar surface area (TPSA) is 55.4 Å². The molecule has 1 atom stereocenters. The molecule has 4 heteroatoms. The second-order valence-electron chi connectivity index (χ2n) is 6.24. The van der Waals surface area contributed by atoms with Crippen LogP contribution in [0.1, 0.15) is 48.2 Å². The van der Waals surface area contributed by atoms with Crippen LogP contribution < -0.4 is 5.32 Å². The van der Waals surface area contributed by atoms with Crippen molar-refractivity contribution < 1.29 is 14.3 Å². The van der Waals surface area contributed by atoms with Gasteiger partial charge in [0.1, 0.15) is 6.04 Å². The van der Waals surface area contributed by atoms with E-state index in [1.54, 1.807) is 19.1 Å². The number of esters is 1. The van der Waals surface area contributed by atoms with E-state index in [4.69, 9.17) is 4.74 Å². The van der Waals surface area contributed by atoms with Gasteiger partial charge in [-0.2, -0.15) is 0 Å². The molecular formula is C21H25NO3. The molecule has 0 aromatic heterocycles. The van der Waals surface area contributed by atoms with Crippen molar-refractivity contribution in [3.8, 4) is 0 Å². The third-order valence-electron chi connectivity index (χ3n) is 4.00.